The Morgan fingerprint density at radius 1 is 0.952 bits per heavy atom. The van der Waals surface area contributed by atoms with Gasteiger partial charge in [0.1, 0.15) is 0 Å². The van der Waals surface area contributed by atoms with Crippen LogP contribution in [0.2, 0.25) is 0 Å². The summed E-state index contributed by atoms with van der Waals surface area (Å²) in [5.41, 5.74) is 1.49. The predicted octanol–water partition coefficient (Wildman–Crippen LogP) is 4.39. The van der Waals surface area contributed by atoms with E-state index in [9.17, 15) is 0 Å². The second-order valence-corrected chi connectivity index (χ2v) is 9.31. The SMILES string of the molecule is c1ccc(CN2CSC3(C2)C2CC4CC(C2)CC3C4)cc1. The summed E-state index contributed by atoms with van der Waals surface area (Å²) in [6.45, 7) is 2.52. The van der Waals surface area contributed by atoms with Crippen molar-refractivity contribution < 1.29 is 0 Å². The Hall–Kier alpha value is -0.470. The van der Waals surface area contributed by atoms with Gasteiger partial charge in [-0.1, -0.05) is 30.3 Å². The van der Waals surface area contributed by atoms with Gasteiger partial charge in [0.25, 0.3) is 0 Å². The van der Waals surface area contributed by atoms with Crippen molar-refractivity contribution >= 4 is 11.8 Å². The zero-order valence-corrected chi connectivity index (χ0v) is 13.5. The van der Waals surface area contributed by atoms with E-state index in [2.05, 4.69) is 47.0 Å². The van der Waals surface area contributed by atoms with Crippen LogP contribution in [0, 0.1) is 23.7 Å². The molecule has 0 amide bonds. The number of hydrogen-bond acceptors (Lipinski definition) is 2. The summed E-state index contributed by atoms with van der Waals surface area (Å²) >= 11 is 2.33. The lowest BCUT2D eigenvalue weighted by molar-refractivity contribution is -0.0219. The van der Waals surface area contributed by atoms with Gasteiger partial charge in [0, 0.05) is 23.7 Å². The number of benzene rings is 1. The van der Waals surface area contributed by atoms with E-state index in [4.69, 9.17) is 0 Å². The normalized spacial score (nSPS) is 44.8. The molecule has 4 bridgehead atoms. The first-order valence-corrected chi connectivity index (χ1v) is 9.70. The summed E-state index contributed by atoms with van der Waals surface area (Å²) < 4.78 is 0.641. The summed E-state index contributed by atoms with van der Waals surface area (Å²) in [5.74, 6) is 5.54. The molecule has 0 aromatic heterocycles. The third kappa shape index (κ3) is 2.02. The van der Waals surface area contributed by atoms with Crippen molar-refractivity contribution in [3.05, 3.63) is 35.9 Å². The summed E-state index contributed by atoms with van der Waals surface area (Å²) in [6.07, 6.45) is 7.79. The van der Waals surface area contributed by atoms with E-state index in [0.29, 0.717) is 4.75 Å². The van der Waals surface area contributed by atoms with Crippen LogP contribution in [0.5, 0.6) is 0 Å². The van der Waals surface area contributed by atoms with E-state index in [0.717, 1.165) is 30.2 Å². The molecule has 0 unspecified atom stereocenters. The summed E-state index contributed by atoms with van der Waals surface area (Å²) in [4.78, 5) is 2.72. The van der Waals surface area contributed by atoms with Crippen molar-refractivity contribution in [3.8, 4) is 0 Å². The molecule has 0 radical (unpaired) electrons. The smallest absolute Gasteiger partial charge is 0.0454 e. The van der Waals surface area contributed by atoms with Crippen LogP contribution in [0.4, 0.5) is 0 Å². The van der Waals surface area contributed by atoms with Crippen LogP contribution in [0.15, 0.2) is 30.3 Å². The fourth-order valence-electron chi connectivity index (χ4n) is 6.07. The Kier molecular flexibility index (Phi) is 2.95. The van der Waals surface area contributed by atoms with Gasteiger partial charge in [-0.05, 0) is 61.3 Å². The summed E-state index contributed by atoms with van der Waals surface area (Å²) in [6, 6.07) is 11.1. The highest BCUT2D eigenvalue weighted by Crippen LogP contribution is 2.64. The molecule has 1 aromatic carbocycles. The molecule has 6 rings (SSSR count). The predicted molar refractivity (Wildman–Crippen MR) is 89.1 cm³/mol. The molecule has 112 valence electrons. The molecule has 0 atom stereocenters. The fourth-order valence-corrected chi connectivity index (χ4v) is 7.81. The monoisotopic (exact) mass is 299 g/mol. The largest absolute Gasteiger partial charge is 0.288 e. The molecule has 4 aliphatic carbocycles. The maximum atomic E-state index is 2.72. The van der Waals surface area contributed by atoms with E-state index >= 15 is 0 Å². The summed E-state index contributed by atoms with van der Waals surface area (Å²) in [7, 11) is 0. The van der Waals surface area contributed by atoms with E-state index in [1.165, 1.54) is 18.0 Å². The second kappa shape index (κ2) is 4.76. The maximum absolute atomic E-state index is 2.72. The number of thioether (sulfide) groups is 1. The van der Waals surface area contributed by atoms with Crippen molar-refractivity contribution in [1.82, 2.24) is 4.90 Å². The van der Waals surface area contributed by atoms with Gasteiger partial charge in [-0.3, -0.25) is 4.90 Å². The van der Waals surface area contributed by atoms with Crippen LogP contribution in [0.3, 0.4) is 0 Å². The quantitative estimate of drug-likeness (QED) is 0.797. The van der Waals surface area contributed by atoms with Crippen LogP contribution in [-0.4, -0.2) is 22.1 Å². The average molecular weight is 299 g/mol. The van der Waals surface area contributed by atoms with Crippen molar-refractivity contribution in [1.29, 1.82) is 0 Å². The Morgan fingerprint density at radius 2 is 1.62 bits per heavy atom. The standard InChI is InChI=1S/C19H25NS/c1-2-4-14(5-3-1)11-20-12-19(21-13-20)17-7-15-6-16(9-17)10-18(19)8-15/h1-5,15-18H,6-13H2. The maximum Gasteiger partial charge on any atom is 0.0454 e. The van der Waals surface area contributed by atoms with Gasteiger partial charge in [-0.15, -0.1) is 11.8 Å². The van der Waals surface area contributed by atoms with E-state index < -0.39 is 0 Å². The molecular weight excluding hydrogens is 274 g/mol. The van der Waals surface area contributed by atoms with E-state index in [1.54, 1.807) is 32.1 Å². The average Bonchev–Trinajstić information content (AvgIpc) is 2.90. The third-order valence-corrected chi connectivity index (χ3v) is 8.58. The number of rotatable bonds is 2. The van der Waals surface area contributed by atoms with Crippen molar-refractivity contribution in [2.24, 2.45) is 23.7 Å². The fraction of sp³-hybridized carbons (Fsp3) is 0.684. The minimum absolute atomic E-state index is 0.641. The molecule has 1 heterocycles. The Balaban J connectivity index is 1.35. The first kappa shape index (κ1) is 13.0. The van der Waals surface area contributed by atoms with Gasteiger partial charge < -0.3 is 0 Å². The lowest BCUT2D eigenvalue weighted by atomic mass is 9.51. The molecule has 1 aliphatic heterocycles. The minimum Gasteiger partial charge on any atom is -0.288 e. The van der Waals surface area contributed by atoms with Gasteiger partial charge in [0.15, 0.2) is 0 Å². The van der Waals surface area contributed by atoms with Crippen LogP contribution < -0.4 is 0 Å². The molecule has 1 aromatic rings. The van der Waals surface area contributed by atoms with Crippen molar-refractivity contribution in [3.63, 3.8) is 0 Å². The van der Waals surface area contributed by atoms with Crippen molar-refractivity contribution in [2.75, 3.05) is 12.4 Å². The Morgan fingerprint density at radius 3 is 2.29 bits per heavy atom. The number of nitrogens with zero attached hydrogens (tertiary/aromatic N) is 1. The van der Waals surface area contributed by atoms with Crippen LogP contribution in [-0.2, 0) is 6.54 Å². The molecule has 5 fully saturated rings. The minimum atomic E-state index is 0.641. The highest BCUT2D eigenvalue weighted by molar-refractivity contribution is 8.00. The van der Waals surface area contributed by atoms with E-state index in [1.807, 2.05) is 0 Å². The lowest BCUT2D eigenvalue weighted by Crippen LogP contribution is -2.57. The second-order valence-electron chi connectivity index (χ2n) is 8.01. The van der Waals surface area contributed by atoms with Gasteiger partial charge in [-0.25, -0.2) is 0 Å². The molecule has 1 nitrogen and oxygen atoms in total. The highest BCUT2D eigenvalue weighted by Gasteiger charge is 2.59. The molecule has 5 aliphatic rings. The van der Waals surface area contributed by atoms with E-state index in [-0.39, 0.29) is 0 Å². The topological polar surface area (TPSA) is 3.24 Å². The lowest BCUT2D eigenvalue weighted by Gasteiger charge is -2.59. The van der Waals surface area contributed by atoms with Crippen molar-refractivity contribution in [2.45, 2.75) is 43.4 Å². The third-order valence-electron chi connectivity index (χ3n) is 6.76. The molecular formula is C19H25NS. The molecule has 4 saturated carbocycles. The first-order valence-electron chi connectivity index (χ1n) is 8.72. The zero-order chi connectivity index (χ0) is 13.9. The first-order chi connectivity index (χ1) is 10.3. The zero-order valence-electron chi connectivity index (χ0n) is 12.7. The van der Waals surface area contributed by atoms with Gasteiger partial charge in [0.2, 0.25) is 0 Å². The molecule has 1 saturated heterocycles. The Labute approximate surface area is 132 Å². The van der Waals surface area contributed by atoms with Crippen LogP contribution in [0.1, 0.15) is 37.7 Å². The van der Waals surface area contributed by atoms with Crippen LogP contribution in [0.25, 0.3) is 0 Å². The molecule has 21 heavy (non-hydrogen) atoms. The van der Waals surface area contributed by atoms with Gasteiger partial charge >= 0.3 is 0 Å². The van der Waals surface area contributed by atoms with Gasteiger partial charge in [-0.2, -0.15) is 0 Å². The summed E-state index contributed by atoms with van der Waals surface area (Å²) in [5, 5.41) is 0. The molecule has 2 heteroatoms. The number of hydrogen-bond donors (Lipinski definition) is 0. The molecule has 1 spiro atoms. The van der Waals surface area contributed by atoms with Crippen LogP contribution >= 0.6 is 11.8 Å². The molecule has 0 N–H and O–H groups in total. The highest BCUT2D eigenvalue weighted by atomic mass is 32.2. The Bertz CT molecular complexity index is 498. The van der Waals surface area contributed by atoms with Gasteiger partial charge in [0.05, 0.1) is 0 Å².